The molecule has 1 aliphatic rings. The van der Waals surface area contributed by atoms with E-state index in [4.69, 9.17) is 9.15 Å². The van der Waals surface area contributed by atoms with E-state index in [0.29, 0.717) is 18.9 Å². The molecule has 0 N–H and O–H groups in total. The van der Waals surface area contributed by atoms with Crippen LogP contribution in [0.25, 0.3) is 11.0 Å². The van der Waals surface area contributed by atoms with Crippen molar-refractivity contribution in [2.45, 2.75) is 26.9 Å². The predicted molar refractivity (Wildman–Crippen MR) is 93.1 cm³/mol. The van der Waals surface area contributed by atoms with E-state index in [0.717, 1.165) is 39.9 Å². The maximum atomic E-state index is 13.1. The first kappa shape index (κ1) is 15.8. The van der Waals surface area contributed by atoms with Crippen LogP contribution in [-0.2, 0) is 13.1 Å². The maximum Gasteiger partial charge on any atom is 0.336 e. The third-order valence-electron chi connectivity index (χ3n) is 4.60. The lowest BCUT2D eigenvalue weighted by molar-refractivity contribution is 0.0881. The third kappa shape index (κ3) is 2.91. The van der Waals surface area contributed by atoms with E-state index in [1.165, 1.54) is 18.2 Å². The molecule has 5 heteroatoms. The monoisotopic (exact) mass is 339 g/mol. The van der Waals surface area contributed by atoms with E-state index in [9.17, 15) is 9.18 Å². The molecule has 25 heavy (non-hydrogen) atoms. The van der Waals surface area contributed by atoms with Crippen molar-refractivity contribution in [3.8, 4) is 5.75 Å². The lowest BCUT2D eigenvalue weighted by atomic mass is 10.0. The van der Waals surface area contributed by atoms with E-state index in [1.54, 1.807) is 12.1 Å². The van der Waals surface area contributed by atoms with Crippen molar-refractivity contribution in [1.82, 2.24) is 4.90 Å². The summed E-state index contributed by atoms with van der Waals surface area (Å²) in [5.41, 5.74) is 4.10. The Labute approximate surface area is 144 Å². The van der Waals surface area contributed by atoms with Crippen LogP contribution in [0.4, 0.5) is 4.39 Å². The van der Waals surface area contributed by atoms with Gasteiger partial charge in [0.25, 0.3) is 0 Å². The molecule has 0 atom stereocenters. The summed E-state index contributed by atoms with van der Waals surface area (Å²) in [4.78, 5) is 13.8. The minimum absolute atomic E-state index is 0.233. The van der Waals surface area contributed by atoms with Gasteiger partial charge in [0.2, 0.25) is 0 Å². The van der Waals surface area contributed by atoms with Crippen molar-refractivity contribution in [1.29, 1.82) is 0 Å². The molecule has 0 aliphatic carbocycles. The Morgan fingerprint density at radius 1 is 1.16 bits per heavy atom. The van der Waals surface area contributed by atoms with Crippen LogP contribution in [0.15, 0.2) is 45.6 Å². The molecule has 128 valence electrons. The molecule has 0 saturated carbocycles. The SMILES string of the molecule is Cc1cc(=O)oc2c(C)c3c(cc12)CN(Cc1ccc(F)cc1)CO3. The number of nitrogens with zero attached hydrogens (tertiary/aromatic N) is 1. The summed E-state index contributed by atoms with van der Waals surface area (Å²) in [6, 6.07) is 10.1. The first-order chi connectivity index (χ1) is 12.0. The van der Waals surface area contributed by atoms with E-state index in [1.807, 2.05) is 19.9 Å². The van der Waals surface area contributed by atoms with Crippen LogP contribution < -0.4 is 10.4 Å². The molecular formula is C20H18FNO3. The van der Waals surface area contributed by atoms with Gasteiger partial charge in [-0.05, 0) is 43.2 Å². The fourth-order valence-corrected chi connectivity index (χ4v) is 3.37. The molecule has 3 aromatic rings. The normalized spacial score (nSPS) is 14.4. The van der Waals surface area contributed by atoms with Crippen LogP contribution in [0, 0.1) is 19.7 Å². The average molecular weight is 339 g/mol. The van der Waals surface area contributed by atoms with E-state index < -0.39 is 0 Å². The van der Waals surface area contributed by atoms with Crippen LogP contribution in [0.2, 0.25) is 0 Å². The molecule has 2 heterocycles. The summed E-state index contributed by atoms with van der Waals surface area (Å²) in [7, 11) is 0. The topological polar surface area (TPSA) is 42.7 Å². The maximum absolute atomic E-state index is 13.1. The van der Waals surface area contributed by atoms with Gasteiger partial charge in [-0.25, -0.2) is 9.18 Å². The Kier molecular flexibility index (Phi) is 3.81. The van der Waals surface area contributed by atoms with Gasteiger partial charge in [0.05, 0.1) is 0 Å². The van der Waals surface area contributed by atoms with Gasteiger partial charge >= 0.3 is 5.63 Å². The average Bonchev–Trinajstić information content (AvgIpc) is 2.58. The molecular weight excluding hydrogens is 321 g/mol. The second kappa shape index (κ2) is 6.01. The van der Waals surface area contributed by atoms with Crippen molar-refractivity contribution in [3.05, 3.63) is 74.9 Å². The van der Waals surface area contributed by atoms with Gasteiger partial charge in [-0.3, -0.25) is 4.90 Å². The van der Waals surface area contributed by atoms with Gasteiger partial charge in [0.1, 0.15) is 23.9 Å². The van der Waals surface area contributed by atoms with Crippen LogP contribution in [-0.4, -0.2) is 11.6 Å². The Hall–Kier alpha value is -2.66. The van der Waals surface area contributed by atoms with Crippen LogP contribution >= 0.6 is 0 Å². The molecule has 1 aromatic heterocycles. The molecule has 0 saturated heterocycles. The molecule has 4 nitrogen and oxygen atoms in total. The smallest absolute Gasteiger partial charge is 0.336 e. The number of hydrogen-bond acceptors (Lipinski definition) is 4. The zero-order chi connectivity index (χ0) is 17.6. The summed E-state index contributed by atoms with van der Waals surface area (Å²) in [5.74, 6) is 0.555. The molecule has 0 unspecified atom stereocenters. The van der Waals surface area contributed by atoms with Crippen molar-refractivity contribution in [2.24, 2.45) is 0 Å². The van der Waals surface area contributed by atoms with Crippen LogP contribution in [0.5, 0.6) is 5.75 Å². The highest BCUT2D eigenvalue weighted by atomic mass is 19.1. The molecule has 0 bridgehead atoms. The minimum Gasteiger partial charge on any atom is -0.477 e. The van der Waals surface area contributed by atoms with Gasteiger partial charge in [-0.2, -0.15) is 0 Å². The number of halogens is 1. The Morgan fingerprint density at radius 3 is 2.68 bits per heavy atom. The molecule has 0 amide bonds. The van der Waals surface area contributed by atoms with Gasteiger partial charge in [0, 0.05) is 35.7 Å². The quantitative estimate of drug-likeness (QED) is 0.664. The number of aryl methyl sites for hydroxylation is 2. The Balaban J connectivity index is 1.68. The van der Waals surface area contributed by atoms with Crippen molar-refractivity contribution < 1.29 is 13.5 Å². The molecule has 0 spiro atoms. The summed E-state index contributed by atoms with van der Waals surface area (Å²) >= 11 is 0. The zero-order valence-corrected chi connectivity index (χ0v) is 14.1. The van der Waals surface area contributed by atoms with Gasteiger partial charge < -0.3 is 9.15 Å². The first-order valence-electron chi connectivity index (χ1n) is 8.18. The number of benzene rings is 2. The number of fused-ring (bicyclic) bond motifs is 2. The fraction of sp³-hybridized carbons (Fsp3) is 0.250. The molecule has 0 fully saturated rings. The highest BCUT2D eigenvalue weighted by Gasteiger charge is 2.22. The largest absolute Gasteiger partial charge is 0.477 e. The summed E-state index contributed by atoms with van der Waals surface area (Å²) in [6.45, 7) is 5.67. The Bertz CT molecular complexity index is 1010. The van der Waals surface area contributed by atoms with E-state index in [2.05, 4.69) is 4.90 Å². The fourth-order valence-electron chi connectivity index (χ4n) is 3.37. The molecule has 2 aromatic carbocycles. The van der Waals surface area contributed by atoms with Crippen molar-refractivity contribution >= 4 is 11.0 Å². The summed E-state index contributed by atoms with van der Waals surface area (Å²) < 4.78 is 24.4. The predicted octanol–water partition coefficient (Wildman–Crippen LogP) is 3.90. The van der Waals surface area contributed by atoms with Crippen LogP contribution in [0.3, 0.4) is 0 Å². The highest BCUT2D eigenvalue weighted by Crippen LogP contribution is 2.35. The molecule has 1 aliphatic heterocycles. The van der Waals surface area contributed by atoms with E-state index in [-0.39, 0.29) is 11.4 Å². The van der Waals surface area contributed by atoms with Gasteiger partial charge in [0.15, 0.2) is 0 Å². The third-order valence-corrected chi connectivity index (χ3v) is 4.60. The van der Waals surface area contributed by atoms with Gasteiger partial charge in [-0.15, -0.1) is 0 Å². The minimum atomic E-state index is -0.346. The Morgan fingerprint density at radius 2 is 1.92 bits per heavy atom. The second-order valence-electron chi connectivity index (χ2n) is 6.50. The number of hydrogen-bond donors (Lipinski definition) is 0. The lowest BCUT2D eigenvalue weighted by Gasteiger charge is -2.30. The number of rotatable bonds is 2. The van der Waals surface area contributed by atoms with Crippen LogP contribution in [0.1, 0.15) is 22.3 Å². The standard InChI is InChI=1S/C20H18FNO3/c1-12-7-18(23)25-20-13(2)19-15(8-17(12)20)10-22(11-24-19)9-14-3-5-16(21)6-4-14/h3-8H,9-11H2,1-2H3. The lowest BCUT2D eigenvalue weighted by Crippen LogP contribution is -2.32. The molecule has 0 radical (unpaired) electrons. The number of ether oxygens (including phenoxy) is 1. The molecule has 4 rings (SSSR count). The van der Waals surface area contributed by atoms with E-state index >= 15 is 0 Å². The summed E-state index contributed by atoms with van der Waals surface area (Å²) in [5, 5.41) is 0.933. The first-order valence-corrected chi connectivity index (χ1v) is 8.18. The highest BCUT2D eigenvalue weighted by molar-refractivity contribution is 5.86. The summed E-state index contributed by atoms with van der Waals surface area (Å²) in [6.07, 6.45) is 0. The van der Waals surface area contributed by atoms with Gasteiger partial charge in [-0.1, -0.05) is 12.1 Å². The van der Waals surface area contributed by atoms with Crippen molar-refractivity contribution in [3.63, 3.8) is 0 Å². The zero-order valence-electron chi connectivity index (χ0n) is 14.1. The second-order valence-corrected chi connectivity index (χ2v) is 6.50. The van der Waals surface area contributed by atoms with Crippen molar-refractivity contribution in [2.75, 3.05) is 6.73 Å².